The highest BCUT2D eigenvalue weighted by atomic mass is 32.1. The van der Waals surface area contributed by atoms with Crippen LogP contribution < -0.4 is 20.7 Å². The van der Waals surface area contributed by atoms with Crippen LogP contribution in [0.4, 0.5) is 0 Å². The summed E-state index contributed by atoms with van der Waals surface area (Å²) in [4.78, 5) is 31.1. The van der Waals surface area contributed by atoms with Crippen molar-refractivity contribution in [2.24, 2.45) is 5.92 Å². The molecule has 2 aliphatic heterocycles. The molecular weight excluding hydrogens is 438 g/mol. The maximum atomic E-state index is 13.1. The Morgan fingerprint density at radius 3 is 2.88 bits per heavy atom. The molecule has 0 amide bonds. The zero-order valence-corrected chi connectivity index (χ0v) is 19.2. The fraction of sp³-hybridized carbons (Fsp3) is 0.360. The number of benzene rings is 2. The molecule has 0 aliphatic carbocycles. The van der Waals surface area contributed by atoms with Crippen molar-refractivity contribution < 1.29 is 9.47 Å². The number of methoxy groups -OCH3 is 1. The second kappa shape index (κ2) is 8.04. The number of hydrogen-bond donors (Lipinski definition) is 1. The molecule has 0 bridgehead atoms. The Morgan fingerprint density at radius 2 is 2.00 bits per heavy atom. The van der Waals surface area contributed by atoms with E-state index < -0.39 is 0 Å². The molecule has 8 heteroatoms. The molecule has 2 aromatic heterocycles. The Hall–Kier alpha value is -3.10. The van der Waals surface area contributed by atoms with Crippen LogP contribution >= 0.6 is 11.3 Å². The minimum absolute atomic E-state index is 0.195. The highest BCUT2D eigenvalue weighted by Crippen LogP contribution is 2.45. The second-order valence-corrected chi connectivity index (χ2v) is 9.91. The van der Waals surface area contributed by atoms with Crippen LogP contribution in [0, 0.1) is 5.92 Å². The number of nitrogens with one attached hydrogen (secondary N) is 1. The molecule has 33 heavy (non-hydrogen) atoms. The van der Waals surface area contributed by atoms with Crippen molar-refractivity contribution in [1.82, 2.24) is 14.5 Å². The number of likely N-dealkylation sites (tertiary alicyclic amines) is 1. The molecule has 0 saturated carbocycles. The summed E-state index contributed by atoms with van der Waals surface area (Å²) < 4.78 is 14.5. The summed E-state index contributed by atoms with van der Waals surface area (Å²) in [7, 11) is 1.67. The van der Waals surface area contributed by atoms with Gasteiger partial charge in [0, 0.05) is 47.1 Å². The van der Waals surface area contributed by atoms with Crippen molar-refractivity contribution >= 4 is 31.6 Å². The van der Waals surface area contributed by atoms with Crippen molar-refractivity contribution in [1.29, 1.82) is 0 Å². The zero-order valence-electron chi connectivity index (χ0n) is 18.4. The number of rotatable bonds is 5. The second-order valence-electron chi connectivity index (χ2n) is 8.86. The average molecular weight is 464 g/mol. The lowest BCUT2D eigenvalue weighted by Gasteiger charge is -2.28. The monoisotopic (exact) mass is 463 g/mol. The van der Waals surface area contributed by atoms with Gasteiger partial charge in [-0.25, -0.2) is 4.79 Å². The lowest BCUT2D eigenvalue weighted by molar-refractivity contribution is 0.203. The smallest absolute Gasteiger partial charge is 0.328 e. The molecule has 1 N–H and O–H groups in total. The van der Waals surface area contributed by atoms with E-state index in [1.54, 1.807) is 7.11 Å². The molecule has 2 atom stereocenters. The topological polar surface area (TPSA) is 76.6 Å². The van der Waals surface area contributed by atoms with E-state index in [1.807, 2.05) is 36.4 Å². The lowest BCUT2D eigenvalue weighted by atomic mass is 9.87. The number of aromatic amines is 1. The third-order valence-corrected chi connectivity index (χ3v) is 8.11. The summed E-state index contributed by atoms with van der Waals surface area (Å²) in [6.45, 7) is 3.85. The van der Waals surface area contributed by atoms with Crippen molar-refractivity contribution in [3.63, 3.8) is 0 Å². The molecule has 7 nitrogen and oxygen atoms in total. The number of para-hydroxylation sites is 1. The summed E-state index contributed by atoms with van der Waals surface area (Å²) >= 11 is 1.44. The van der Waals surface area contributed by atoms with E-state index in [4.69, 9.17) is 9.47 Å². The number of aromatic nitrogens is 2. The van der Waals surface area contributed by atoms with Crippen LogP contribution in [0.5, 0.6) is 11.5 Å². The van der Waals surface area contributed by atoms with Gasteiger partial charge in [-0.1, -0.05) is 30.3 Å². The van der Waals surface area contributed by atoms with Gasteiger partial charge in [0.25, 0.3) is 5.56 Å². The Labute approximate surface area is 194 Å². The van der Waals surface area contributed by atoms with E-state index in [0.717, 1.165) is 47.6 Å². The SMILES string of the molecule is COc1cccc2c1OC[C@H]1CN(CCCn3c(=O)[nH]c4c(sc5ccccc54)c3=O)C[C@@H]21. The van der Waals surface area contributed by atoms with Gasteiger partial charge >= 0.3 is 5.69 Å². The van der Waals surface area contributed by atoms with Crippen LogP contribution in [0.25, 0.3) is 20.3 Å². The van der Waals surface area contributed by atoms with Crippen LogP contribution in [0.3, 0.4) is 0 Å². The number of ether oxygens (including phenoxy) is 2. The highest BCUT2D eigenvalue weighted by molar-refractivity contribution is 7.25. The quantitative estimate of drug-likeness (QED) is 0.491. The molecule has 6 rings (SSSR count). The first-order valence-corrected chi connectivity index (χ1v) is 12.1. The highest BCUT2D eigenvalue weighted by Gasteiger charge is 2.39. The molecule has 1 fully saturated rings. The van der Waals surface area contributed by atoms with Gasteiger partial charge in [-0.2, -0.15) is 0 Å². The standard InChI is InChI=1S/C25H25N3O4S/c1-31-19-8-4-7-16-18-13-27(12-15(18)14-32-22(16)19)10-5-11-28-24(29)23-21(26-25(28)30)17-6-2-3-9-20(17)33-23/h2-4,6-9,15,18H,5,10-14H2,1H3,(H,26,30)/t15-,18-/m1/s1. The fourth-order valence-corrected chi connectivity index (χ4v) is 6.47. The summed E-state index contributed by atoms with van der Waals surface area (Å²) in [5.41, 5.74) is 1.34. The normalized spacial score (nSPS) is 20.0. The van der Waals surface area contributed by atoms with E-state index >= 15 is 0 Å². The summed E-state index contributed by atoms with van der Waals surface area (Å²) in [6.07, 6.45) is 0.741. The number of hydrogen-bond acceptors (Lipinski definition) is 6. The van der Waals surface area contributed by atoms with Gasteiger partial charge in [-0.15, -0.1) is 11.3 Å². The molecule has 170 valence electrons. The van der Waals surface area contributed by atoms with E-state index in [0.29, 0.717) is 35.2 Å². The first-order chi connectivity index (χ1) is 16.1. The first-order valence-electron chi connectivity index (χ1n) is 11.3. The third kappa shape index (κ3) is 3.36. The maximum Gasteiger partial charge on any atom is 0.328 e. The largest absolute Gasteiger partial charge is 0.493 e. The van der Waals surface area contributed by atoms with Gasteiger partial charge in [0.15, 0.2) is 11.5 Å². The molecule has 0 unspecified atom stereocenters. The van der Waals surface area contributed by atoms with E-state index in [9.17, 15) is 9.59 Å². The zero-order chi connectivity index (χ0) is 22.5. The fourth-order valence-electron chi connectivity index (χ4n) is 5.36. The van der Waals surface area contributed by atoms with Crippen molar-refractivity contribution in [2.75, 3.05) is 33.4 Å². The van der Waals surface area contributed by atoms with Gasteiger partial charge in [-0.3, -0.25) is 9.36 Å². The summed E-state index contributed by atoms with van der Waals surface area (Å²) in [6, 6.07) is 13.9. The molecule has 0 radical (unpaired) electrons. The lowest BCUT2D eigenvalue weighted by Crippen LogP contribution is -2.35. The molecule has 0 spiro atoms. The molecule has 2 aromatic carbocycles. The van der Waals surface area contributed by atoms with Crippen molar-refractivity contribution in [3.8, 4) is 11.5 Å². The summed E-state index contributed by atoms with van der Waals surface area (Å²) in [5, 5.41) is 0.928. The van der Waals surface area contributed by atoms with Gasteiger partial charge in [0.2, 0.25) is 0 Å². The van der Waals surface area contributed by atoms with Gasteiger partial charge in [-0.05, 0) is 25.1 Å². The van der Waals surface area contributed by atoms with E-state index in [-0.39, 0.29) is 11.2 Å². The molecule has 2 aliphatic rings. The van der Waals surface area contributed by atoms with Crippen LogP contribution in [0.15, 0.2) is 52.1 Å². The van der Waals surface area contributed by atoms with Crippen LogP contribution in [-0.4, -0.2) is 47.8 Å². The Kier molecular flexibility index (Phi) is 4.99. The number of H-pyrrole nitrogens is 1. The van der Waals surface area contributed by atoms with E-state index in [2.05, 4.69) is 16.0 Å². The van der Waals surface area contributed by atoms with Gasteiger partial charge in [0.1, 0.15) is 4.70 Å². The number of nitrogens with zero attached hydrogens (tertiary/aromatic N) is 2. The molecule has 1 saturated heterocycles. The average Bonchev–Trinajstić information content (AvgIpc) is 3.42. The van der Waals surface area contributed by atoms with Crippen molar-refractivity contribution in [2.45, 2.75) is 18.9 Å². The maximum absolute atomic E-state index is 13.1. The Morgan fingerprint density at radius 1 is 1.12 bits per heavy atom. The minimum Gasteiger partial charge on any atom is -0.493 e. The molecule has 4 aromatic rings. The van der Waals surface area contributed by atoms with Crippen molar-refractivity contribution in [3.05, 3.63) is 68.9 Å². The van der Waals surface area contributed by atoms with Gasteiger partial charge in [0.05, 0.1) is 19.2 Å². The predicted octanol–water partition coefficient (Wildman–Crippen LogP) is 3.41. The van der Waals surface area contributed by atoms with Crippen LogP contribution in [-0.2, 0) is 6.54 Å². The minimum atomic E-state index is -0.333. The third-order valence-electron chi connectivity index (χ3n) is 6.96. The predicted molar refractivity (Wildman–Crippen MR) is 130 cm³/mol. The number of fused-ring (bicyclic) bond motifs is 6. The van der Waals surface area contributed by atoms with Crippen LogP contribution in [0.1, 0.15) is 17.9 Å². The first kappa shape index (κ1) is 20.5. The molecule has 4 heterocycles. The Balaban J connectivity index is 1.18. The van der Waals surface area contributed by atoms with Gasteiger partial charge < -0.3 is 19.4 Å². The van der Waals surface area contributed by atoms with Crippen LogP contribution in [0.2, 0.25) is 0 Å². The number of thiophene rings is 1. The Bertz CT molecular complexity index is 1470. The van der Waals surface area contributed by atoms with E-state index in [1.165, 1.54) is 21.5 Å². The molecular formula is C25H25N3O4S. The summed E-state index contributed by atoms with van der Waals surface area (Å²) in [5.74, 6) is 2.54.